The Morgan fingerprint density at radius 3 is 1.60 bits per heavy atom. The fourth-order valence-corrected chi connectivity index (χ4v) is 2.27. The molecule has 0 aromatic carbocycles. The normalized spacial score (nSPS) is 11.7. The molecule has 0 aliphatic heterocycles. The Morgan fingerprint density at radius 2 is 1.20 bits per heavy atom. The Labute approximate surface area is 148 Å². The van der Waals surface area contributed by atoms with E-state index in [0.717, 1.165) is 24.2 Å². The van der Waals surface area contributed by atoms with Crippen LogP contribution in [-0.2, 0) is 4.74 Å². The number of ether oxygens (including phenoxy) is 1. The molecule has 0 spiro atoms. The van der Waals surface area contributed by atoms with E-state index in [4.69, 9.17) is 4.74 Å². The topological polar surface area (TPSA) is 9.23 Å². The van der Waals surface area contributed by atoms with Gasteiger partial charge in [-0.05, 0) is 27.2 Å². The molecular formula is C15H36Br2N2O. The highest BCUT2D eigenvalue weighted by atomic mass is 79.9. The summed E-state index contributed by atoms with van der Waals surface area (Å²) < 4.78 is 8.11. The van der Waals surface area contributed by atoms with Gasteiger partial charge in [-0.25, -0.2) is 0 Å². The van der Waals surface area contributed by atoms with Gasteiger partial charge in [-0.3, -0.25) is 0 Å². The van der Waals surface area contributed by atoms with Gasteiger partial charge < -0.3 is 47.7 Å². The molecule has 0 atom stereocenters. The van der Waals surface area contributed by atoms with E-state index >= 15 is 0 Å². The van der Waals surface area contributed by atoms with Gasteiger partial charge >= 0.3 is 0 Å². The summed E-state index contributed by atoms with van der Waals surface area (Å²) in [5, 5.41) is 0. The first-order valence-electron chi connectivity index (χ1n) is 7.70. The molecule has 0 fully saturated rings. The Hall–Kier alpha value is 0.840. The highest BCUT2D eigenvalue weighted by molar-refractivity contribution is 4.41. The number of quaternary nitrogens is 2. The van der Waals surface area contributed by atoms with Crippen molar-refractivity contribution in [1.82, 2.24) is 0 Å². The molecule has 0 aliphatic rings. The lowest BCUT2D eigenvalue weighted by molar-refractivity contribution is -0.925. The Morgan fingerprint density at radius 1 is 0.700 bits per heavy atom. The average Bonchev–Trinajstić information content (AvgIpc) is 2.37. The largest absolute Gasteiger partial charge is 1.00 e. The highest BCUT2D eigenvalue weighted by Gasteiger charge is 2.21. The van der Waals surface area contributed by atoms with Crippen molar-refractivity contribution >= 4 is 0 Å². The summed E-state index contributed by atoms with van der Waals surface area (Å²) in [5.41, 5.74) is 0. The molecule has 0 N–H and O–H groups in total. The number of hydrogen-bond acceptors (Lipinski definition) is 1. The molecule has 5 heteroatoms. The van der Waals surface area contributed by atoms with Crippen molar-refractivity contribution in [3.63, 3.8) is 0 Å². The van der Waals surface area contributed by atoms with Crippen molar-refractivity contribution in [1.29, 1.82) is 0 Å². The Balaban J connectivity index is -0.00000144. The van der Waals surface area contributed by atoms with Gasteiger partial charge in [-0.1, -0.05) is 6.92 Å². The van der Waals surface area contributed by atoms with Crippen LogP contribution in [0, 0.1) is 0 Å². The number of halogens is 2. The highest BCUT2D eigenvalue weighted by Crippen LogP contribution is 2.07. The van der Waals surface area contributed by atoms with E-state index in [0.29, 0.717) is 0 Å². The van der Waals surface area contributed by atoms with Crippen LogP contribution < -0.4 is 34.0 Å². The van der Waals surface area contributed by atoms with Crippen LogP contribution in [0.4, 0.5) is 0 Å². The summed E-state index contributed by atoms with van der Waals surface area (Å²) in [6.07, 6.45) is 1.27. The van der Waals surface area contributed by atoms with Gasteiger partial charge in [0.1, 0.15) is 13.1 Å². The maximum atomic E-state index is 5.85. The summed E-state index contributed by atoms with van der Waals surface area (Å²) in [6.45, 7) is 18.1. The van der Waals surface area contributed by atoms with E-state index in [1.807, 2.05) is 0 Å². The molecular weight excluding hydrogens is 384 g/mol. The minimum Gasteiger partial charge on any atom is -1.00 e. The molecule has 0 saturated carbocycles. The summed E-state index contributed by atoms with van der Waals surface area (Å²) in [4.78, 5) is 0. The van der Waals surface area contributed by atoms with Crippen LogP contribution in [0.5, 0.6) is 0 Å². The van der Waals surface area contributed by atoms with Gasteiger partial charge in [0.25, 0.3) is 0 Å². The first kappa shape index (κ1) is 25.8. The van der Waals surface area contributed by atoms with Crippen molar-refractivity contribution in [3.05, 3.63) is 0 Å². The SMILES string of the molecule is CCC[N+](CC)(CC)CCOCC[N+](C)(C)CC.[Br-].[Br-]. The lowest BCUT2D eigenvalue weighted by atomic mass is 10.3. The first-order valence-corrected chi connectivity index (χ1v) is 7.70. The molecule has 0 radical (unpaired) electrons. The zero-order valence-electron chi connectivity index (χ0n) is 14.4. The Kier molecular flexibility index (Phi) is 17.4. The number of hydrogen-bond donors (Lipinski definition) is 0. The van der Waals surface area contributed by atoms with Crippen LogP contribution in [0.25, 0.3) is 0 Å². The number of likely N-dealkylation sites (N-methyl/N-ethyl adjacent to an activating group) is 2. The van der Waals surface area contributed by atoms with Crippen molar-refractivity contribution in [2.24, 2.45) is 0 Å². The second kappa shape index (κ2) is 13.5. The monoisotopic (exact) mass is 418 g/mol. The molecule has 0 aliphatic carbocycles. The van der Waals surface area contributed by atoms with Crippen molar-refractivity contribution in [3.8, 4) is 0 Å². The molecule has 20 heavy (non-hydrogen) atoms. The smallest absolute Gasteiger partial charge is 0.102 e. The van der Waals surface area contributed by atoms with E-state index in [1.165, 1.54) is 43.6 Å². The van der Waals surface area contributed by atoms with Crippen molar-refractivity contribution < 1.29 is 47.7 Å². The molecule has 0 aromatic rings. The summed E-state index contributed by atoms with van der Waals surface area (Å²) in [5.74, 6) is 0. The predicted octanol–water partition coefficient (Wildman–Crippen LogP) is -3.63. The van der Waals surface area contributed by atoms with Gasteiger partial charge in [0.15, 0.2) is 0 Å². The Bertz CT molecular complexity index is 210. The van der Waals surface area contributed by atoms with Crippen LogP contribution in [0.15, 0.2) is 0 Å². The lowest BCUT2D eigenvalue weighted by Gasteiger charge is -2.36. The molecule has 0 unspecified atom stereocenters. The zero-order valence-corrected chi connectivity index (χ0v) is 17.6. The van der Waals surface area contributed by atoms with Crippen LogP contribution in [-0.4, -0.2) is 75.5 Å². The third-order valence-corrected chi connectivity index (χ3v) is 4.45. The third kappa shape index (κ3) is 10.6. The number of rotatable bonds is 11. The van der Waals surface area contributed by atoms with Crippen LogP contribution >= 0.6 is 0 Å². The van der Waals surface area contributed by atoms with Gasteiger partial charge in [0, 0.05) is 0 Å². The van der Waals surface area contributed by atoms with E-state index < -0.39 is 0 Å². The quantitative estimate of drug-likeness (QED) is 0.248. The third-order valence-electron chi connectivity index (χ3n) is 4.45. The average molecular weight is 420 g/mol. The fourth-order valence-electron chi connectivity index (χ4n) is 2.27. The summed E-state index contributed by atoms with van der Waals surface area (Å²) in [7, 11) is 4.53. The molecule has 0 bridgehead atoms. The molecule has 0 heterocycles. The fraction of sp³-hybridized carbons (Fsp3) is 1.00. The molecule has 0 aromatic heterocycles. The van der Waals surface area contributed by atoms with Crippen LogP contribution in [0.3, 0.4) is 0 Å². The van der Waals surface area contributed by atoms with E-state index in [2.05, 4.69) is 41.8 Å². The molecule has 0 saturated heterocycles. The van der Waals surface area contributed by atoms with E-state index in [1.54, 1.807) is 0 Å². The van der Waals surface area contributed by atoms with E-state index in [9.17, 15) is 0 Å². The lowest BCUT2D eigenvalue weighted by Crippen LogP contribution is -3.00. The standard InChI is InChI=1S/C15H36N2O.2BrH/c1-7-11-17(9-3,10-4)13-15-18-14-12-16(5,6)8-2;;/h7-15H2,1-6H3;2*1H/q+2;;/p-2. The molecule has 0 amide bonds. The maximum Gasteiger partial charge on any atom is 0.102 e. The summed E-state index contributed by atoms with van der Waals surface area (Å²) >= 11 is 0. The van der Waals surface area contributed by atoms with Crippen molar-refractivity contribution in [2.45, 2.75) is 34.1 Å². The molecule has 126 valence electrons. The van der Waals surface area contributed by atoms with E-state index in [-0.39, 0.29) is 34.0 Å². The van der Waals surface area contributed by atoms with Crippen LogP contribution in [0.2, 0.25) is 0 Å². The first-order chi connectivity index (χ1) is 8.45. The minimum atomic E-state index is 0. The second-order valence-electron chi connectivity index (χ2n) is 6.01. The number of nitrogens with zero attached hydrogens (tertiary/aromatic N) is 2. The minimum absolute atomic E-state index is 0. The van der Waals surface area contributed by atoms with Gasteiger partial charge in [0.05, 0.1) is 53.5 Å². The zero-order chi connectivity index (χ0) is 14.1. The predicted molar refractivity (Wildman–Crippen MR) is 79.7 cm³/mol. The van der Waals surface area contributed by atoms with Gasteiger partial charge in [-0.2, -0.15) is 0 Å². The van der Waals surface area contributed by atoms with Crippen molar-refractivity contribution in [2.75, 3.05) is 66.6 Å². The second-order valence-corrected chi connectivity index (χ2v) is 6.01. The van der Waals surface area contributed by atoms with Gasteiger partial charge in [-0.15, -0.1) is 0 Å². The molecule has 3 nitrogen and oxygen atoms in total. The molecule has 0 rings (SSSR count). The summed E-state index contributed by atoms with van der Waals surface area (Å²) in [6, 6.07) is 0. The maximum absolute atomic E-state index is 5.85. The van der Waals surface area contributed by atoms with Gasteiger partial charge in [0.2, 0.25) is 0 Å². The van der Waals surface area contributed by atoms with Crippen LogP contribution in [0.1, 0.15) is 34.1 Å².